The number of ether oxygens (including phenoxy) is 1. The van der Waals surface area contributed by atoms with Gasteiger partial charge in [-0.15, -0.1) is 0 Å². The van der Waals surface area contributed by atoms with E-state index in [1.807, 2.05) is 6.92 Å². The van der Waals surface area contributed by atoms with Crippen LogP contribution in [0.1, 0.15) is 117 Å². The highest BCUT2D eigenvalue weighted by molar-refractivity contribution is 5.75. The predicted octanol–water partition coefficient (Wildman–Crippen LogP) is 6.60. The number of rotatable bonds is 20. The molecule has 0 aromatic carbocycles. The molecule has 0 heterocycles. The van der Waals surface area contributed by atoms with Gasteiger partial charge in [-0.25, -0.2) is 0 Å². The largest absolute Gasteiger partial charge is 0.377 e. The Hall–Kier alpha value is -0.570. The number of amides is 1. The van der Waals surface area contributed by atoms with Gasteiger partial charge in [-0.1, -0.05) is 96.8 Å². The molecule has 0 aromatic heterocycles. The molecule has 3 nitrogen and oxygen atoms in total. The molecule has 1 atom stereocenters. The monoisotopic (exact) mass is 368 g/mol. The summed E-state index contributed by atoms with van der Waals surface area (Å²) in [6.45, 7) is 9.22. The van der Waals surface area contributed by atoms with Crippen LogP contribution < -0.4 is 5.32 Å². The molecule has 155 valence electrons. The zero-order chi connectivity index (χ0) is 19.3. The molecule has 0 saturated heterocycles. The zero-order valence-corrected chi connectivity index (χ0v) is 17.8. The summed E-state index contributed by atoms with van der Waals surface area (Å²) >= 11 is 0. The fraction of sp³-hybridized carbons (Fsp3) is 0.913. The van der Waals surface area contributed by atoms with Crippen LogP contribution in [0.4, 0.5) is 0 Å². The summed E-state index contributed by atoms with van der Waals surface area (Å²) in [4.78, 5) is 11.7. The molecule has 26 heavy (non-hydrogen) atoms. The van der Waals surface area contributed by atoms with Gasteiger partial charge in [0.05, 0.1) is 6.10 Å². The Morgan fingerprint density at radius 2 is 1.19 bits per heavy atom. The minimum absolute atomic E-state index is 0.132. The van der Waals surface area contributed by atoms with E-state index in [4.69, 9.17) is 4.74 Å². The van der Waals surface area contributed by atoms with Crippen molar-refractivity contribution in [2.24, 2.45) is 0 Å². The van der Waals surface area contributed by atoms with Crippen LogP contribution in [0.15, 0.2) is 0 Å². The summed E-state index contributed by atoms with van der Waals surface area (Å²) in [5.41, 5.74) is 0. The molecule has 3 heteroatoms. The first-order valence-electron chi connectivity index (χ1n) is 11.4. The summed E-state index contributed by atoms with van der Waals surface area (Å²) in [5, 5.41) is 2.89. The van der Waals surface area contributed by atoms with Crippen LogP contribution in [-0.4, -0.2) is 25.2 Å². The zero-order valence-electron chi connectivity index (χ0n) is 17.8. The van der Waals surface area contributed by atoms with Crippen LogP contribution in [-0.2, 0) is 9.53 Å². The van der Waals surface area contributed by atoms with Gasteiger partial charge in [0.1, 0.15) is 0 Å². The fourth-order valence-electron chi connectivity index (χ4n) is 3.27. The summed E-state index contributed by atoms with van der Waals surface area (Å²) in [6, 6.07) is 0. The molecule has 1 radical (unpaired) electrons. The molecule has 0 aliphatic rings. The van der Waals surface area contributed by atoms with Crippen molar-refractivity contribution in [3.63, 3.8) is 0 Å². The Morgan fingerprint density at radius 1 is 0.769 bits per heavy atom. The van der Waals surface area contributed by atoms with Crippen molar-refractivity contribution < 1.29 is 9.53 Å². The molecule has 0 aliphatic carbocycles. The van der Waals surface area contributed by atoms with E-state index in [2.05, 4.69) is 19.2 Å². The van der Waals surface area contributed by atoms with Crippen LogP contribution in [0, 0.1) is 6.92 Å². The number of hydrogen-bond acceptors (Lipinski definition) is 2. The molecular weight excluding hydrogens is 322 g/mol. The topological polar surface area (TPSA) is 38.3 Å². The van der Waals surface area contributed by atoms with Crippen LogP contribution in [0.5, 0.6) is 0 Å². The number of hydrogen-bond donors (Lipinski definition) is 1. The first kappa shape index (κ1) is 25.4. The maximum Gasteiger partial charge on any atom is 0.220 e. The lowest BCUT2D eigenvalue weighted by Crippen LogP contribution is -2.32. The molecule has 1 N–H and O–H groups in total. The normalized spacial score (nSPS) is 12.3. The summed E-state index contributed by atoms with van der Waals surface area (Å²) < 4.78 is 5.30. The molecule has 0 spiro atoms. The number of carbonyl (C=O) groups is 1. The van der Waals surface area contributed by atoms with Crippen molar-refractivity contribution in [1.82, 2.24) is 5.32 Å². The van der Waals surface area contributed by atoms with Crippen molar-refractivity contribution in [2.75, 3.05) is 13.2 Å². The van der Waals surface area contributed by atoms with Gasteiger partial charge in [0.25, 0.3) is 0 Å². The Balaban J connectivity index is 3.16. The van der Waals surface area contributed by atoms with Crippen LogP contribution in [0.3, 0.4) is 0 Å². The maximum atomic E-state index is 11.7. The average molecular weight is 369 g/mol. The van der Waals surface area contributed by atoms with E-state index in [-0.39, 0.29) is 12.0 Å². The molecule has 0 fully saturated rings. The van der Waals surface area contributed by atoms with E-state index in [0.29, 0.717) is 19.6 Å². The third-order valence-electron chi connectivity index (χ3n) is 4.94. The van der Waals surface area contributed by atoms with E-state index in [0.717, 1.165) is 6.42 Å². The number of carbonyl (C=O) groups excluding carboxylic acids is 1. The summed E-state index contributed by atoms with van der Waals surface area (Å²) in [5.74, 6) is 0.132. The van der Waals surface area contributed by atoms with Crippen LogP contribution in [0.25, 0.3) is 0 Å². The highest BCUT2D eigenvalue weighted by atomic mass is 16.5. The molecular formula is C23H46NO2. The third-order valence-corrected chi connectivity index (χ3v) is 4.94. The standard InChI is InChI=1S/C23H46NO2/c1-4-6-7-8-9-10-11-12-13-14-15-16-17-18-19-20-23(25)24-21-22(3)26-5-2/h22H,3-21H2,1-2H3,(H,24,25). The maximum absolute atomic E-state index is 11.7. The van der Waals surface area contributed by atoms with E-state index in [1.54, 1.807) is 0 Å². The SMILES string of the molecule is [CH2]C(CNC(=O)CCCCCCCCCCCCCCCCC)OCC. The van der Waals surface area contributed by atoms with Crippen molar-refractivity contribution in [1.29, 1.82) is 0 Å². The van der Waals surface area contributed by atoms with Gasteiger partial charge < -0.3 is 10.1 Å². The van der Waals surface area contributed by atoms with Gasteiger partial charge in [-0.05, 0) is 20.3 Å². The second-order valence-corrected chi connectivity index (χ2v) is 7.58. The van der Waals surface area contributed by atoms with Gasteiger partial charge in [0.15, 0.2) is 0 Å². The Kier molecular flexibility index (Phi) is 20.3. The van der Waals surface area contributed by atoms with Crippen LogP contribution >= 0.6 is 0 Å². The second-order valence-electron chi connectivity index (χ2n) is 7.58. The summed E-state index contributed by atoms with van der Waals surface area (Å²) in [7, 11) is 0. The molecule has 0 aromatic rings. The smallest absolute Gasteiger partial charge is 0.220 e. The quantitative estimate of drug-likeness (QED) is 0.246. The van der Waals surface area contributed by atoms with Crippen molar-refractivity contribution >= 4 is 5.91 Å². The van der Waals surface area contributed by atoms with E-state index >= 15 is 0 Å². The third kappa shape index (κ3) is 19.8. The molecule has 0 rings (SSSR count). The Morgan fingerprint density at radius 3 is 1.62 bits per heavy atom. The molecule has 1 unspecified atom stereocenters. The lowest BCUT2D eigenvalue weighted by Gasteiger charge is -2.12. The van der Waals surface area contributed by atoms with Gasteiger partial charge >= 0.3 is 0 Å². The van der Waals surface area contributed by atoms with Gasteiger partial charge in [0, 0.05) is 19.6 Å². The van der Waals surface area contributed by atoms with E-state index in [1.165, 1.54) is 89.9 Å². The van der Waals surface area contributed by atoms with Crippen molar-refractivity contribution in [3.05, 3.63) is 6.92 Å². The highest BCUT2D eigenvalue weighted by Crippen LogP contribution is 2.13. The first-order chi connectivity index (χ1) is 12.7. The average Bonchev–Trinajstić information content (AvgIpc) is 2.63. The lowest BCUT2D eigenvalue weighted by atomic mass is 10.0. The van der Waals surface area contributed by atoms with Gasteiger partial charge in [-0.3, -0.25) is 4.79 Å². The second kappa shape index (κ2) is 20.7. The molecule has 0 bridgehead atoms. The molecule has 0 aliphatic heterocycles. The summed E-state index contributed by atoms with van der Waals surface area (Å²) in [6.07, 6.45) is 20.8. The molecule has 1 amide bonds. The van der Waals surface area contributed by atoms with E-state index in [9.17, 15) is 4.79 Å². The minimum atomic E-state index is -0.134. The van der Waals surface area contributed by atoms with Crippen LogP contribution in [0.2, 0.25) is 0 Å². The molecule has 0 saturated carbocycles. The van der Waals surface area contributed by atoms with E-state index < -0.39 is 0 Å². The Bertz CT molecular complexity index is 294. The van der Waals surface area contributed by atoms with Crippen molar-refractivity contribution in [3.8, 4) is 0 Å². The Labute approximate surface area is 164 Å². The minimum Gasteiger partial charge on any atom is -0.377 e. The van der Waals surface area contributed by atoms with Gasteiger partial charge in [0.2, 0.25) is 5.91 Å². The fourth-order valence-corrected chi connectivity index (χ4v) is 3.27. The highest BCUT2D eigenvalue weighted by Gasteiger charge is 2.04. The lowest BCUT2D eigenvalue weighted by molar-refractivity contribution is -0.121. The first-order valence-corrected chi connectivity index (χ1v) is 11.4. The number of unbranched alkanes of at least 4 members (excludes halogenated alkanes) is 14. The number of nitrogens with one attached hydrogen (secondary N) is 1. The predicted molar refractivity (Wildman–Crippen MR) is 113 cm³/mol. The van der Waals surface area contributed by atoms with Gasteiger partial charge in [-0.2, -0.15) is 0 Å². The van der Waals surface area contributed by atoms with Crippen molar-refractivity contribution in [2.45, 2.75) is 123 Å².